The van der Waals surface area contributed by atoms with Gasteiger partial charge in [-0.25, -0.2) is 4.79 Å². The van der Waals surface area contributed by atoms with Gasteiger partial charge in [-0.1, -0.05) is 17.8 Å². The number of nitrogens with one attached hydrogen (secondary N) is 1. The van der Waals surface area contributed by atoms with Crippen LogP contribution in [0, 0.1) is 0 Å². The molecule has 2 heterocycles. The first kappa shape index (κ1) is 22.0. The van der Waals surface area contributed by atoms with Crippen molar-refractivity contribution in [2.75, 3.05) is 26.0 Å². The molecule has 1 saturated heterocycles. The highest BCUT2D eigenvalue weighted by atomic mass is 32.2. The summed E-state index contributed by atoms with van der Waals surface area (Å²) in [7, 11) is 1.27. The maximum absolute atomic E-state index is 12.1. The Labute approximate surface area is 171 Å². The summed E-state index contributed by atoms with van der Waals surface area (Å²) in [6, 6.07) is 3.28. The van der Waals surface area contributed by atoms with E-state index in [1.54, 1.807) is 0 Å². The second kappa shape index (κ2) is 10.9. The van der Waals surface area contributed by atoms with Gasteiger partial charge in [0, 0.05) is 18.3 Å². The molecule has 0 aromatic carbocycles. The van der Waals surface area contributed by atoms with Crippen LogP contribution in [0.3, 0.4) is 0 Å². The minimum atomic E-state index is -0.522. The van der Waals surface area contributed by atoms with E-state index in [2.05, 4.69) is 10.1 Å². The number of thiophene rings is 1. The normalized spacial score (nSPS) is 16.1. The van der Waals surface area contributed by atoms with E-state index in [-0.39, 0.29) is 30.6 Å². The van der Waals surface area contributed by atoms with Crippen LogP contribution >= 0.6 is 23.1 Å². The number of esters is 2. The largest absolute Gasteiger partial charge is 0.466 e. The molecular formula is C18H22N2O6S2. The van der Waals surface area contributed by atoms with E-state index < -0.39 is 18.0 Å². The Morgan fingerprint density at radius 3 is 2.82 bits per heavy atom. The molecule has 1 N–H and O–H groups in total. The number of carbonyl (C=O) groups is 4. The molecule has 10 heteroatoms. The highest BCUT2D eigenvalue weighted by Gasteiger charge is 2.27. The van der Waals surface area contributed by atoms with Gasteiger partial charge in [0.2, 0.25) is 11.8 Å². The van der Waals surface area contributed by atoms with Crippen LogP contribution in [0.1, 0.15) is 30.7 Å². The van der Waals surface area contributed by atoms with Crippen LogP contribution in [-0.2, 0) is 28.7 Å². The highest BCUT2D eigenvalue weighted by molar-refractivity contribution is 8.04. The van der Waals surface area contributed by atoms with Crippen LogP contribution in [-0.4, -0.2) is 54.7 Å². The third kappa shape index (κ3) is 6.68. The van der Waals surface area contributed by atoms with Gasteiger partial charge in [0.05, 0.1) is 43.0 Å². The summed E-state index contributed by atoms with van der Waals surface area (Å²) in [4.78, 5) is 49.1. The molecule has 2 amide bonds. The second-order valence-electron chi connectivity index (χ2n) is 5.89. The molecule has 1 fully saturated rings. The third-order valence-electron chi connectivity index (χ3n) is 3.78. The van der Waals surface area contributed by atoms with Crippen molar-refractivity contribution in [1.82, 2.24) is 10.2 Å². The van der Waals surface area contributed by atoms with E-state index in [0.717, 1.165) is 4.88 Å². The molecule has 1 aliphatic rings. The summed E-state index contributed by atoms with van der Waals surface area (Å²) in [6.45, 7) is 1.87. The van der Waals surface area contributed by atoms with Crippen LogP contribution < -0.4 is 5.32 Å². The number of nitrogens with zero attached hydrogens (tertiary/aromatic N) is 1. The topological polar surface area (TPSA) is 102 Å². The summed E-state index contributed by atoms with van der Waals surface area (Å²) in [5, 5.41) is 5.16. The molecule has 0 spiro atoms. The molecule has 0 saturated carbocycles. The number of thioether (sulfide) groups is 1. The van der Waals surface area contributed by atoms with E-state index in [4.69, 9.17) is 4.74 Å². The number of hydrogen-bond acceptors (Lipinski definition) is 8. The fourth-order valence-electron chi connectivity index (χ4n) is 2.52. The molecule has 1 aromatic heterocycles. The Bertz CT molecular complexity index is 747. The van der Waals surface area contributed by atoms with Crippen LogP contribution in [0.5, 0.6) is 0 Å². The molecule has 28 heavy (non-hydrogen) atoms. The van der Waals surface area contributed by atoms with Crippen molar-refractivity contribution in [2.24, 2.45) is 0 Å². The average Bonchev–Trinajstić information content (AvgIpc) is 3.29. The van der Waals surface area contributed by atoms with Crippen molar-refractivity contribution in [3.8, 4) is 0 Å². The number of amides is 2. The quantitative estimate of drug-likeness (QED) is 0.365. The van der Waals surface area contributed by atoms with Crippen molar-refractivity contribution in [1.29, 1.82) is 0 Å². The van der Waals surface area contributed by atoms with E-state index in [0.29, 0.717) is 18.0 Å². The summed E-state index contributed by atoms with van der Waals surface area (Å²) in [5.74, 6) is -1.01. The van der Waals surface area contributed by atoms with Crippen LogP contribution in [0.15, 0.2) is 28.6 Å². The SMILES string of the molecule is COC(=O)/C=C1/SCC(=O)N1CCCOC(=O)CC(NC(C)=O)c1cccs1. The lowest BCUT2D eigenvalue weighted by atomic mass is 10.1. The molecule has 8 nitrogen and oxygen atoms in total. The number of carbonyl (C=O) groups excluding carboxylic acids is 4. The molecule has 0 radical (unpaired) electrons. The van der Waals surface area contributed by atoms with Crippen LogP contribution in [0.4, 0.5) is 0 Å². The maximum Gasteiger partial charge on any atom is 0.333 e. The van der Waals surface area contributed by atoms with Gasteiger partial charge in [-0.15, -0.1) is 11.3 Å². The van der Waals surface area contributed by atoms with E-state index in [1.807, 2.05) is 17.5 Å². The molecule has 0 bridgehead atoms. The lowest BCUT2D eigenvalue weighted by Gasteiger charge is -2.18. The predicted molar refractivity (Wildman–Crippen MR) is 105 cm³/mol. The van der Waals surface area contributed by atoms with Gasteiger partial charge in [0.15, 0.2) is 0 Å². The number of ether oxygens (including phenoxy) is 2. The fourth-order valence-corrected chi connectivity index (χ4v) is 4.25. The Morgan fingerprint density at radius 1 is 1.39 bits per heavy atom. The van der Waals surface area contributed by atoms with E-state index in [9.17, 15) is 19.2 Å². The monoisotopic (exact) mass is 426 g/mol. The minimum absolute atomic E-state index is 0.0338. The number of methoxy groups -OCH3 is 1. The molecule has 0 aliphatic carbocycles. The first-order chi connectivity index (χ1) is 13.4. The minimum Gasteiger partial charge on any atom is -0.466 e. The van der Waals surface area contributed by atoms with Crippen molar-refractivity contribution in [2.45, 2.75) is 25.8 Å². The highest BCUT2D eigenvalue weighted by Crippen LogP contribution is 2.29. The number of hydrogen-bond donors (Lipinski definition) is 1. The van der Waals surface area contributed by atoms with Gasteiger partial charge >= 0.3 is 11.9 Å². The standard InChI is InChI=1S/C18H22N2O6S2/c1-12(21)19-13(14-5-3-8-27-14)9-18(24)26-7-4-6-20-15(22)11-28-16(20)10-17(23)25-2/h3,5,8,10,13H,4,6-7,9,11H2,1-2H3,(H,19,21)/b16-10+. The van der Waals surface area contributed by atoms with E-state index in [1.165, 1.54) is 48.1 Å². The fraction of sp³-hybridized carbons (Fsp3) is 0.444. The molecule has 1 atom stereocenters. The van der Waals surface area contributed by atoms with Gasteiger partial charge in [-0.05, 0) is 17.9 Å². The van der Waals surface area contributed by atoms with E-state index >= 15 is 0 Å². The van der Waals surface area contributed by atoms with Crippen molar-refractivity contribution >= 4 is 46.9 Å². The maximum atomic E-state index is 12.1. The zero-order valence-corrected chi connectivity index (χ0v) is 17.3. The zero-order chi connectivity index (χ0) is 20.5. The van der Waals surface area contributed by atoms with Gasteiger partial charge in [-0.3, -0.25) is 14.4 Å². The lowest BCUT2D eigenvalue weighted by molar-refractivity contribution is -0.144. The van der Waals surface area contributed by atoms with Crippen molar-refractivity contribution in [3.05, 3.63) is 33.5 Å². The van der Waals surface area contributed by atoms with Crippen molar-refractivity contribution < 1.29 is 28.7 Å². The van der Waals surface area contributed by atoms with Crippen LogP contribution in [0.25, 0.3) is 0 Å². The number of rotatable bonds is 9. The molecule has 1 unspecified atom stereocenters. The molecule has 1 aromatic rings. The Kier molecular flexibility index (Phi) is 8.52. The van der Waals surface area contributed by atoms with Gasteiger partial charge in [-0.2, -0.15) is 0 Å². The molecule has 152 valence electrons. The van der Waals surface area contributed by atoms with Gasteiger partial charge in [0.25, 0.3) is 0 Å². The molecule has 2 rings (SSSR count). The Balaban J connectivity index is 1.79. The molecular weight excluding hydrogens is 404 g/mol. The zero-order valence-electron chi connectivity index (χ0n) is 15.6. The molecule has 1 aliphatic heterocycles. The third-order valence-corrected chi connectivity index (χ3v) is 5.79. The van der Waals surface area contributed by atoms with Gasteiger partial charge in [0.1, 0.15) is 0 Å². The lowest BCUT2D eigenvalue weighted by Crippen LogP contribution is -2.29. The first-order valence-corrected chi connectivity index (χ1v) is 10.5. The first-order valence-electron chi connectivity index (χ1n) is 8.59. The Hall–Kier alpha value is -2.33. The average molecular weight is 427 g/mol. The smallest absolute Gasteiger partial charge is 0.333 e. The summed E-state index contributed by atoms with van der Waals surface area (Å²) >= 11 is 2.72. The van der Waals surface area contributed by atoms with Gasteiger partial charge < -0.3 is 19.7 Å². The summed E-state index contributed by atoms with van der Waals surface area (Å²) in [6.07, 6.45) is 1.74. The summed E-state index contributed by atoms with van der Waals surface area (Å²) < 4.78 is 9.83. The summed E-state index contributed by atoms with van der Waals surface area (Å²) in [5.41, 5.74) is 0. The van der Waals surface area contributed by atoms with Crippen molar-refractivity contribution in [3.63, 3.8) is 0 Å². The second-order valence-corrected chi connectivity index (χ2v) is 7.86. The Morgan fingerprint density at radius 2 is 2.18 bits per heavy atom. The predicted octanol–water partition coefficient (Wildman–Crippen LogP) is 1.84. The van der Waals surface area contributed by atoms with Crippen LogP contribution in [0.2, 0.25) is 0 Å².